The van der Waals surface area contributed by atoms with Gasteiger partial charge in [0.1, 0.15) is 0 Å². The fourth-order valence-corrected chi connectivity index (χ4v) is 3.73. The van der Waals surface area contributed by atoms with Crippen LogP contribution in [0, 0.1) is 5.92 Å². The van der Waals surface area contributed by atoms with Crippen molar-refractivity contribution in [2.75, 3.05) is 32.8 Å². The van der Waals surface area contributed by atoms with E-state index in [4.69, 9.17) is 4.74 Å². The fourth-order valence-electron chi connectivity index (χ4n) is 3.73. The van der Waals surface area contributed by atoms with Gasteiger partial charge in [-0.15, -0.1) is 0 Å². The van der Waals surface area contributed by atoms with Gasteiger partial charge in [0.2, 0.25) is 0 Å². The summed E-state index contributed by atoms with van der Waals surface area (Å²) in [5, 5.41) is 3.81. The van der Waals surface area contributed by atoms with Crippen molar-refractivity contribution in [1.82, 2.24) is 10.2 Å². The zero-order valence-corrected chi connectivity index (χ0v) is 13.6. The van der Waals surface area contributed by atoms with Crippen LogP contribution in [-0.4, -0.2) is 49.8 Å². The van der Waals surface area contributed by atoms with Crippen molar-refractivity contribution < 1.29 is 4.74 Å². The van der Waals surface area contributed by atoms with Gasteiger partial charge in [0.05, 0.1) is 0 Å². The highest BCUT2D eigenvalue weighted by Crippen LogP contribution is 2.28. The van der Waals surface area contributed by atoms with Crippen molar-refractivity contribution in [3.05, 3.63) is 0 Å². The number of rotatable bonds is 7. The van der Waals surface area contributed by atoms with E-state index in [1.165, 1.54) is 51.6 Å². The molecule has 1 saturated heterocycles. The van der Waals surface area contributed by atoms with Crippen LogP contribution in [-0.2, 0) is 4.74 Å². The first-order valence-corrected chi connectivity index (χ1v) is 8.86. The molecule has 2 unspecified atom stereocenters. The molecule has 0 aromatic carbocycles. The standard InChI is InChI=1S/C17H34N2O/c1-3-11-20-12-7-10-19-14-17(18-13-15(19)2)16-8-5-4-6-9-16/h15-18H,3-14H2,1-2H3. The van der Waals surface area contributed by atoms with Crippen molar-refractivity contribution in [2.45, 2.75) is 70.9 Å². The van der Waals surface area contributed by atoms with E-state index < -0.39 is 0 Å². The van der Waals surface area contributed by atoms with E-state index in [1.807, 2.05) is 0 Å². The third kappa shape index (κ3) is 5.01. The van der Waals surface area contributed by atoms with Crippen molar-refractivity contribution >= 4 is 0 Å². The quantitative estimate of drug-likeness (QED) is 0.726. The first-order valence-electron chi connectivity index (χ1n) is 8.86. The maximum atomic E-state index is 5.61. The first kappa shape index (κ1) is 16.3. The summed E-state index contributed by atoms with van der Waals surface area (Å²) in [5.74, 6) is 0.926. The van der Waals surface area contributed by atoms with Crippen LogP contribution in [0.4, 0.5) is 0 Å². The zero-order chi connectivity index (χ0) is 14.2. The number of ether oxygens (including phenoxy) is 1. The molecule has 0 spiro atoms. The zero-order valence-electron chi connectivity index (χ0n) is 13.6. The highest BCUT2D eigenvalue weighted by atomic mass is 16.5. The summed E-state index contributed by atoms with van der Waals surface area (Å²) in [7, 11) is 0. The number of piperazine rings is 1. The van der Waals surface area contributed by atoms with Gasteiger partial charge < -0.3 is 10.1 Å². The molecule has 3 heteroatoms. The minimum atomic E-state index is 0.681. The van der Waals surface area contributed by atoms with Crippen LogP contribution < -0.4 is 5.32 Å². The smallest absolute Gasteiger partial charge is 0.0478 e. The fraction of sp³-hybridized carbons (Fsp3) is 1.00. The van der Waals surface area contributed by atoms with Gasteiger partial charge in [-0.1, -0.05) is 26.2 Å². The summed E-state index contributed by atoms with van der Waals surface area (Å²) in [4.78, 5) is 2.69. The Morgan fingerprint density at radius 3 is 2.70 bits per heavy atom. The average molecular weight is 282 g/mol. The minimum Gasteiger partial charge on any atom is -0.381 e. The Hall–Kier alpha value is -0.120. The molecule has 1 N–H and O–H groups in total. The van der Waals surface area contributed by atoms with E-state index in [1.54, 1.807) is 0 Å². The third-order valence-electron chi connectivity index (χ3n) is 5.03. The maximum Gasteiger partial charge on any atom is 0.0478 e. The predicted octanol–water partition coefficient (Wildman–Crippen LogP) is 3.05. The van der Waals surface area contributed by atoms with Crippen LogP contribution >= 0.6 is 0 Å². The van der Waals surface area contributed by atoms with E-state index in [0.29, 0.717) is 6.04 Å². The molecule has 2 rings (SSSR count). The first-order chi connectivity index (χ1) is 9.81. The lowest BCUT2D eigenvalue weighted by Gasteiger charge is -2.43. The lowest BCUT2D eigenvalue weighted by atomic mass is 9.82. The van der Waals surface area contributed by atoms with Crippen molar-refractivity contribution in [3.63, 3.8) is 0 Å². The molecule has 0 aromatic rings. The lowest BCUT2D eigenvalue weighted by Crippen LogP contribution is -2.58. The Kier molecular flexibility index (Phi) is 7.32. The SMILES string of the molecule is CCCOCCCN1CC(C2CCCCC2)NCC1C. The second kappa shape index (κ2) is 9.01. The largest absolute Gasteiger partial charge is 0.381 e. The predicted molar refractivity (Wildman–Crippen MR) is 85.1 cm³/mol. The van der Waals surface area contributed by atoms with E-state index in [-0.39, 0.29) is 0 Å². The van der Waals surface area contributed by atoms with E-state index in [9.17, 15) is 0 Å². The minimum absolute atomic E-state index is 0.681. The van der Waals surface area contributed by atoms with Crippen molar-refractivity contribution in [3.8, 4) is 0 Å². The van der Waals surface area contributed by atoms with Gasteiger partial charge in [0.15, 0.2) is 0 Å². The molecule has 0 bridgehead atoms. The number of hydrogen-bond acceptors (Lipinski definition) is 3. The Labute approximate surface area is 125 Å². The highest BCUT2D eigenvalue weighted by Gasteiger charge is 2.30. The molecule has 20 heavy (non-hydrogen) atoms. The van der Waals surface area contributed by atoms with Gasteiger partial charge >= 0.3 is 0 Å². The molecule has 2 aliphatic rings. The number of nitrogens with one attached hydrogen (secondary N) is 1. The maximum absolute atomic E-state index is 5.61. The van der Waals surface area contributed by atoms with Crippen LogP contribution in [0.15, 0.2) is 0 Å². The topological polar surface area (TPSA) is 24.5 Å². The van der Waals surface area contributed by atoms with Gasteiger partial charge in [-0.25, -0.2) is 0 Å². The average Bonchev–Trinajstić information content (AvgIpc) is 2.49. The second-order valence-corrected chi connectivity index (χ2v) is 6.72. The summed E-state index contributed by atoms with van der Waals surface area (Å²) >= 11 is 0. The Morgan fingerprint density at radius 2 is 1.95 bits per heavy atom. The van der Waals surface area contributed by atoms with Gasteiger partial charge in [-0.3, -0.25) is 4.90 Å². The number of nitrogens with zero attached hydrogens (tertiary/aromatic N) is 1. The van der Waals surface area contributed by atoms with E-state index >= 15 is 0 Å². The normalized spacial score (nSPS) is 29.7. The summed E-state index contributed by atoms with van der Waals surface area (Å²) in [5.41, 5.74) is 0. The molecule has 0 aromatic heterocycles. The molecule has 0 radical (unpaired) electrons. The molecular formula is C17H34N2O. The van der Waals surface area contributed by atoms with E-state index in [2.05, 4.69) is 24.1 Å². The van der Waals surface area contributed by atoms with Crippen LogP contribution in [0.1, 0.15) is 58.8 Å². The molecule has 0 amide bonds. The van der Waals surface area contributed by atoms with Crippen LogP contribution in [0.25, 0.3) is 0 Å². The Bertz CT molecular complexity index is 253. The molecule has 3 nitrogen and oxygen atoms in total. The summed E-state index contributed by atoms with van der Waals surface area (Å²) in [6.45, 7) is 10.00. The Balaban J connectivity index is 1.70. The molecular weight excluding hydrogens is 248 g/mol. The molecule has 1 saturated carbocycles. The molecule has 2 atom stereocenters. The molecule has 118 valence electrons. The molecule has 2 fully saturated rings. The summed E-state index contributed by atoms with van der Waals surface area (Å²) in [6.07, 6.45) is 9.55. The molecule has 1 aliphatic carbocycles. The third-order valence-corrected chi connectivity index (χ3v) is 5.03. The van der Waals surface area contributed by atoms with Crippen LogP contribution in [0.2, 0.25) is 0 Å². The van der Waals surface area contributed by atoms with Crippen molar-refractivity contribution in [2.24, 2.45) is 5.92 Å². The van der Waals surface area contributed by atoms with Crippen molar-refractivity contribution in [1.29, 1.82) is 0 Å². The van der Waals surface area contributed by atoms with Gasteiger partial charge in [0.25, 0.3) is 0 Å². The summed E-state index contributed by atoms with van der Waals surface area (Å²) < 4.78 is 5.61. The monoisotopic (exact) mass is 282 g/mol. The van der Waals surface area contributed by atoms with Gasteiger partial charge in [-0.05, 0) is 38.5 Å². The van der Waals surface area contributed by atoms with E-state index in [0.717, 1.165) is 38.1 Å². The number of hydrogen-bond donors (Lipinski definition) is 1. The Morgan fingerprint density at radius 1 is 1.15 bits per heavy atom. The lowest BCUT2D eigenvalue weighted by molar-refractivity contribution is 0.0814. The molecule has 1 aliphatic heterocycles. The highest BCUT2D eigenvalue weighted by molar-refractivity contribution is 4.89. The van der Waals surface area contributed by atoms with Gasteiger partial charge in [0, 0.05) is 44.9 Å². The second-order valence-electron chi connectivity index (χ2n) is 6.72. The molecule has 1 heterocycles. The van der Waals surface area contributed by atoms with Gasteiger partial charge in [-0.2, -0.15) is 0 Å². The van der Waals surface area contributed by atoms with Crippen LogP contribution in [0.3, 0.4) is 0 Å². The van der Waals surface area contributed by atoms with Crippen LogP contribution in [0.5, 0.6) is 0 Å². The summed E-state index contributed by atoms with van der Waals surface area (Å²) in [6, 6.07) is 1.42.